The van der Waals surface area contributed by atoms with Crippen LogP contribution in [-0.4, -0.2) is 66.4 Å². The minimum Gasteiger partial charge on any atom is -0.484 e. The zero-order valence-electron chi connectivity index (χ0n) is 21.4. The van der Waals surface area contributed by atoms with Crippen LogP contribution in [0.15, 0.2) is 60.9 Å². The van der Waals surface area contributed by atoms with Crippen LogP contribution in [0.25, 0.3) is 11.1 Å². The second-order valence-electron chi connectivity index (χ2n) is 9.01. The fraction of sp³-hybridized carbons (Fsp3) is 0.321. The monoisotopic (exact) mass is 526 g/mol. The van der Waals surface area contributed by atoms with Gasteiger partial charge in [-0.3, -0.25) is 14.7 Å². The van der Waals surface area contributed by atoms with Gasteiger partial charge in [-0.05, 0) is 41.5 Å². The highest BCUT2D eigenvalue weighted by Crippen LogP contribution is 2.34. The van der Waals surface area contributed by atoms with Crippen molar-refractivity contribution in [1.29, 1.82) is 0 Å². The number of carbonyl (C=O) groups excluding carboxylic acids is 1. The van der Waals surface area contributed by atoms with Gasteiger partial charge in [-0.25, -0.2) is 4.58 Å². The number of nitrogens with one attached hydrogen (secondary N) is 2. The fourth-order valence-corrected chi connectivity index (χ4v) is 4.30. The van der Waals surface area contributed by atoms with Gasteiger partial charge in [0.25, 0.3) is 5.91 Å². The van der Waals surface area contributed by atoms with Gasteiger partial charge in [-0.15, -0.1) is 0 Å². The highest BCUT2D eigenvalue weighted by Gasteiger charge is 2.34. The molecule has 3 aromatic rings. The first-order chi connectivity index (χ1) is 18.2. The summed E-state index contributed by atoms with van der Waals surface area (Å²) in [5.41, 5.74) is 2.26. The van der Waals surface area contributed by atoms with Crippen LogP contribution in [0, 0.1) is 0 Å². The molecule has 2 N–H and O–H groups in total. The predicted molar refractivity (Wildman–Crippen MR) is 142 cm³/mol. The van der Waals surface area contributed by atoms with Crippen molar-refractivity contribution in [3.05, 3.63) is 72.1 Å². The number of pyridine rings is 1. The van der Waals surface area contributed by atoms with E-state index in [4.69, 9.17) is 4.74 Å². The van der Waals surface area contributed by atoms with Gasteiger partial charge in [-0.1, -0.05) is 18.2 Å². The summed E-state index contributed by atoms with van der Waals surface area (Å²) in [5.74, 6) is -0.0819. The van der Waals surface area contributed by atoms with Crippen molar-refractivity contribution in [2.75, 3.05) is 50.5 Å². The molecular weight excluding hydrogens is 495 g/mol. The lowest BCUT2D eigenvalue weighted by atomic mass is 10.0. The van der Waals surface area contributed by atoms with E-state index in [0.717, 1.165) is 36.0 Å². The molecule has 1 fully saturated rings. The average molecular weight is 527 g/mol. The Kier molecular flexibility index (Phi) is 8.62. The Balaban J connectivity index is 1.36. The smallest absolute Gasteiger partial charge is 0.416 e. The molecule has 200 valence electrons. The van der Waals surface area contributed by atoms with E-state index >= 15 is 0 Å². The maximum absolute atomic E-state index is 13.8. The highest BCUT2D eigenvalue weighted by molar-refractivity contribution is 5.92. The molecule has 0 bridgehead atoms. The first kappa shape index (κ1) is 27.1. The highest BCUT2D eigenvalue weighted by atomic mass is 19.4. The third-order valence-electron chi connectivity index (χ3n) is 6.45. The molecule has 0 aliphatic carbocycles. The lowest BCUT2D eigenvalue weighted by Gasteiger charge is -2.26. The minimum absolute atomic E-state index is 0.0762. The molecule has 10 heteroatoms. The number of ether oxygens (including phenoxy) is 1. The zero-order valence-corrected chi connectivity index (χ0v) is 21.4. The summed E-state index contributed by atoms with van der Waals surface area (Å²) in [6.07, 6.45) is 0.931. The number of halogens is 3. The Morgan fingerprint density at radius 1 is 1.05 bits per heavy atom. The molecule has 1 amide bonds. The Hall–Kier alpha value is -3.92. The Labute approximate surface area is 220 Å². The normalized spacial score (nSPS) is 14.2. The Morgan fingerprint density at radius 3 is 2.45 bits per heavy atom. The van der Waals surface area contributed by atoms with Crippen LogP contribution in [0.2, 0.25) is 0 Å². The van der Waals surface area contributed by atoms with E-state index in [1.54, 1.807) is 24.5 Å². The minimum atomic E-state index is -4.53. The average Bonchev–Trinajstić information content (AvgIpc) is 2.93. The van der Waals surface area contributed by atoms with Gasteiger partial charge in [0.05, 0.1) is 24.3 Å². The number of hydrogen-bond acceptors (Lipinski definition) is 5. The largest absolute Gasteiger partial charge is 0.484 e. The SMILES string of the molecule is CC=[N+]1CCN(Cc2ccc(NC(=O)COc3ccc(-c4cncc(NC)c4)cc3)cc2C(F)(F)F)CC1. The number of carbonyl (C=O) groups is 1. The van der Waals surface area contributed by atoms with E-state index in [1.807, 2.05) is 43.3 Å². The molecule has 0 spiro atoms. The number of rotatable bonds is 8. The lowest BCUT2D eigenvalue weighted by Crippen LogP contribution is -2.41. The third-order valence-corrected chi connectivity index (χ3v) is 6.45. The second kappa shape index (κ2) is 12.1. The summed E-state index contributed by atoms with van der Waals surface area (Å²) in [7, 11) is 1.82. The van der Waals surface area contributed by atoms with Gasteiger partial charge < -0.3 is 15.4 Å². The predicted octanol–water partition coefficient (Wildman–Crippen LogP) is 4.75. The number of nitrogens with zero attached hydrogens (tertiary/aromatic N) is 3. The van der Waals surface area contributed by atoms with Crippen molar-refractivity contribution in [3.63, 3.8) is 0 Å². The topological polar surface area (TPSA) is 69.5 Å². The van der Waals surface area contributed by atoms with Crippen LogP contribution < -0.4 is 15.4 Å². The van der Waals surface area contributed by atoms with Crippen LogP contribution in [0.3, 0.4) is 0 Å². The van der Waals surface area contributed by atoms with Crippen LogP contribution in [0.4, 0.5) is 24.5 Å². The van der Waals surface area contributed by atoms with Crippen LogP contribution >= 0.6 is 0 Å². The van der Waals surface area contributed by atoms with Gasteiger partial charge in [0.1, 0.15) is 12.0 Å². The van der Waals surface area contributed by atoms with Crippen molar-refractivity contribution >= 4 is 23.5 Å². The van der Waals surface area contributed by atoms with E-state index < -0.39 is 17.6 Å². The first-order valence-electron chi connectivity index (χ1n) is 12.4. The molecular formula is C28H31F3N5O2+. The molecule has 4 rings (SSSR count). The van der Waals surface area contributed by atoms with Gasteiger partial charge in [-0.2, -0.15) is 13.2 Å². The van der Waals surface area contributed by atoms with Gasteiger partial charge in [0.2, 0.25) is 0 Å². The molecule has 0 atom stereocenters. The number of aromatic nitrogens is 1. The number of piperazine rings is 1. The number of amides is 1. The number of anilines is 2. The van der Waals surface area contributed by atoms with Crippen LogP contribution in [0.1, 0.15) is 18.1 Å². The molecule has 1 aliphatic rings. The Morgan fingerprint density at radius 2 is 1.79 bits per heavy atom. The van der Waals surface area contributed by atoms with Crippen molar-refractivity contribution in [2.45, 2.75) is 19.6 Å². The molecule has 2 heterocycles. The molecule has 38 heavy (non-hydrogen) atoms. The van der Waals surface area contributed by atoms with Gasteiger partial charge >= 0.3 is 6.18 Å². The van der Waals surface area contributed by atoms with E-state index in [1.165, 1.54) is 12.1 Å². The number of hydrogen-bond donors (Lipinski definition) is 2. The molecule has 0 radical (unpaired) electrons. The molecule has 7 nitrogen and oxygen atoms in total. The van der Waals surface area contributed by atoms with Gasteiger partial charge in [0, 0.05) is 44.2 Å². The number of alkyl halides is 3. The standard InChI is InChI=1S/C28H30F3N5O2/c1-3-35-10-12-36(13-11-35)18-21-4-7-23(15-26(21)28(29,30)31)34-27(37)19-38-25-8-5-20(6-9-25)22-14-24(32-2)17-33-16-22/h3-9,14-17,32H,10-13,18-19H2,1-2H3/p+1. The summed E-state index contributed by atoms with van der Waals surface area (Å²) in [5, 5.41) is 5.55. The summed E-state index contributed by atoms with van der Waals surface area (Å²) < 4.78 is 49.2. The molecule has 1 saturated heterocycles. The quantitative estimate of drug-likeness (QED) is 0.415. The van der Waals surface area contributed by atoms with Crippen molar-refractivity contribution < 1.29 is 27.3 Å². The molecule has 0 saturated carbocycles. The van der Waals surface area contributed by atoms with E-state index in [9.17, 15) is 18.0 Å². The summed E-state index contributed by atoms with van der Waals surface area (Å²) >= 11 is 0. The third kappa shape index (κ3) is 7.10. The second-order valence-corrected chi connectivity index (χ2v) is 9.01. The van der Waals surface area contributed by atoms with Crippen LogP contribution in [-0.2, 0) is 17.5 Å². The van der Waals surface area contributed by atoms with E-state index in [0.29, 0.717) is 18.8 Å². The molecule has 1 aromatic heterocycles. The summed E-state index contributed by atoms with van der Waals surface area (Å²) in [6, 6.07) is 13.0. The Bertz CT molecular complexity index is 1280. The van der Waals surface area contributed by atoms with E-state index in [2.05, 4.69) is 20.2 Å². The lowest BCUT2D eigenvalue weighted by molar-refractivity contribution is -0.536. The van der Waals surface area contributed by atoms with Crippen LogP contribution in [0.5, 0.6) is 5.75 Å². The van der Waals surface area contributed by atoms with Crippen molar-refractivity contribution in [2.24, 2.45) is 0 Å². The first-order valence-corrected chi connectivity index (χ1v) is 12.4. The molecule has 0 unspecified atom stereocenters. The van der Waals surface area contributed by atoms with E-state index in [-0.39, 0.29) is 24.4 Å². The maximum Gasteiger partial charge on any atom is 0.416 e. The fourth-order valence-electron chi connectivity index (χ4n) is 4.30. The van der Waals surface area contributed by atoms with Crippen molar-refractivity contribution in [1.82, 2.24) is 9.88 Å². The van der Waals surface area contributed by atoms with Gasteiger partial charge in [0.15, 0.2) is 19.7 Å². The summed E-state index contributed by atoms with van der Waals surface area (Å²) in [4.78, 5) is 18.6. The summed E-state index contributed by atoms with van der Waals surface area (Å²) in [6.45, 7) is 4.78. The number of benzene rings is 2. The molecule has 2 aromatic carbocycles. The zero-order chi connectivity index (χ0) is 27.1. The molecule has 1 aliphatic heterocycles. The maximum atomic E-state index is 13.8. The van der Waals surface area contributed by atoms with Crippen molar-refractivity contribution in [3.8, 4) is 16.9 Å².